The van der Waals surface area contributed by atoms with Gasteiger partial charge in [-0.05, 0) is 68.0 Å². The summed E-state index contributed by atoms with van der Waals surface area (Å²) in [6, 6.07) is 12.8. The number of piperidine rings is 1. The van der Waals surface area contributed by atoms with Crippen molar-refractivity contribution >= 4 is 44.8 Å². The molecule has 0 spiro atoms. The van der Waals surface area contributed by atoms with Crippen LogP contribution in [0.5, 0.6) is 0 Å². The van der Waals surface area contributed by atoms with Crippen molar-refractivity contribution in [1.82, 2.24) is 14.2 Å². The van der Waals surface area contributed by atoms with E-state index < -0.39 is 28.0 Å². The topological polar surface area (TPSA) is 118 Å². The van der Waals surface area contributed by atoms with Gasteiger partial charge in [0.1, 0.15) is 12.4 Å². The molecule has 3 aromatic rings. The summed E-state index contributed by atoms with van der Waals surface area (Å²) >= 11 is 6.35. The quantitative estimate of drug-likeness (QED) is 0.408. The van der Waals surface area contributed by atoms with Gasteiger partial charge in [0.05, 0.1) is 27.7 Å². The van der Waals surface area contributed by atoms with Gasteiger partial charge in [-0.2, -0.15) is 0 Å². The number of anilines is 2. The maximum Gasteiger partial charge on any atom is 0.257 e. The number of nitrogens with zero attached hydrogens (tertiary/aromatic N) is 2. The van der Waals surface area contributed by atoms with Crippen molar-refractivity contribution in [2.24, 2.45) is 0 Å². The van der Waals surface area contributed by atoms with E-state index in [-0.39, 0.29) is 34.6 Å². The molecule has 0 atom stereocenters. The Labute approximate surface area is 237 Å². The van der Waals surface area contributed by atoms with Gasteiger partial charge >= 0.3 is 0 Å². The minimum Gasteiger partial charge on any atom is -0.353 e. The van der Waals surface area contributed by atoms with Gasteiger partial charge in [0.2, 0.25) is 10.0 Å². The highest BCUT2D eigenvalue weighted by atomic mass is 35.5. The standard InChI is InChI=1S/C28H30ClFN4O5S/c1-3-40(38,39)32-26(35)17-34-16-22(24(15-27(34)36)31-25-14-18(2)4-9-23(25)29)28(37)33-12-10-20(11-13-33)19-5-7-21(30)8-6-19/h4-9,14-16,20,31H,3,10-13,17H2,1-2H3,(H,32,35). The van der Waals surface area contributed by atoms with Gasteiger partial charge in [-0.3, -0.25) is 19.1 Å². The Morgan fingerprint density at radius 2 is 1.73 bits per heavy atom. The minimum atomic E-state index is -3.82. The maximum absolute atomic E-state index is 13.8. The van der Waals surface area contributed by atoms with E-state index in [9.17, 15) is 27.2 Å². The van der Waals surface area contributed by atoms with Crippen LogP contribution < -0.4 is 15.6 Å². The van der Waals surface area contributed by atoms with Crippen molar-refractivity contribution in [3.05, 3.63) is 92.6 Å². The highest BCUT2D eigenvalue weighted by Crippen LogP contribution is 2.31. The van der Waals surface area contributed by atoms with E-state index in [0.717, 1.165) is 15.7 Å². The number of aromatic nitrogens is 1. The molecular weight excluding hydrogens is 559 g/mol. The lowest BCUT2D eigenvalue weighted by atomic mass is 9.89. The summed E-state index contributed by atoms with van der Waals surface area (Å²) in [5.41, 5.74) is 2.14. The van der Waals surface area contributed by atoms with E-state index in [0.29, 0.717) is 36.6 Å². The summed E-state index contributed by atoms with van der Waals surface area (Å²) in [6.45, 7) is 3.53. The zero-order valence-corrected chi connectivity index (χ0v) is 23.7. The molecule has 0 unspecified atom stereocenters. The number of carbonyl (C=O) groups excluding carboxylic acids is 2. The second kappa shape index (κ2) is 12.2. The van der Waals surface area contributed by atoms with E-state index in [1.807, 2.05) is 17.7 Å². The Kier molecular flexibility index (Phi) is 8.95. The van der Waals surface area contributed by atoms with Crippen molar-refractivity contribution < 1.29 is 22.4 Å². The highest BCUT2D eigenvalue weighted by Gasteiger charge is 2.27. The van der Waals surface area contributed by atoms with Crippen LogP contribution in [-0.4, -0.2) is 48.5 Å². The van der Waals surface area contributed by atoms with Crippen molar-refractivity contribution in [1.29, 1.82) is 0 Å². The third-order valence-corrected chi connectivity index (χ3v) is 8.46. The predicted molar refractivity (Wildman–Crippen MR) is 152 cm³/mol. The monoisotopic (exact) mass is 588 g/mol. The lowest BCUT2D eigenvalue weighted by Crippen LogP contribution is -2.40. The third-order valence-electron chi connectivity index (χ3n) is 6.83. The smallest absolute Gasteiger partial charge is 0.257 e. The van der Waals surface area contributed by atoms with Crippen LogP contribution in [0.1, 0.15) is 47.2 Å². The van der Waals surface area contributed by atoms with Gasteiger partial charge in [-0.1, -0.05) is 29.8 Å². The first kappa shape index (κ1) is 29.3. The van der Waals surface area contributed by atoms with Gasteiger partial charge < -0.3 is 14.8 Å². The van der Waals surface area contributed by atoms with Crippen LogP contribution in [0, 0.1) is 12.7 Å². The van der Waals surface area contributed by atoms with Crippen LogP contribution in [0.2, 0.25) is 5.02 Å². The van der Waals surface area contributed by atoms with Gasteiger partial charge in [0, 0.05) is 25.4 Å². The molecule has 2 amide bonds. The zero-order valence-electron chi connectivity index (χ0n) is 22.1. The first-order valence-electron chi connectivity index (χ1n) is 12.8. The number of amides is 2. The summed E-state index contributed by atoms with van der Waals surface area (Å²) in [7, 11) is -3.82. The summed E-state index contributed by atoms with van der Waals surface area (Å²) in [4.78, 5) is 40.7. The van der Waals surface area contributed by atoms with Crippen LogP contribution in [0.3, 0.4) is 0 Å². The molecule has 2 N–H and O–H groups in total. The number of hydrogen-bond acceptors (Lipinski definition) is 6. The molecule has 0 radical (unpaired) electrons. The molecule has 1 aliphatic rings. The van der Waals surface area contributed by atoms with Crippen LogP contribution in [0.4, 0.5) is 15.8 Å². The molecule has 1 aliphatic heterocycles. The van der Waals surface area contributed by atoms with Crippen molar-refractivity contribution in [2.75, 3.05) is 24.2 Å². The molecule has 2 heterocycles. The van der Waals surface area contributed by atoms with Crippen LogP contribution in [0.25, 0.3) is 0 Å². The number of likely N-dealkylation sites (tertiary alicyclic amines) is 1. The second-order valence-corrected chi connectivity index (χ2v) is 12.1. The largest absolute Gasteiger partial charge is 0.353 e. The lowest BCUT2D eigenvalue weighted by molar-refractivity contribution is -0.119. The average molecular weight is 589 g/mol. The molecule has 9 nitrogen and oxygen atoms in total. The Morgan fingerprint density at radius 3 is 2.38 bits per heavy atom. The van der Waals surface area contributed by atoms with Crippen LogP contribution >= 0.6 is 11.6 Å². The Hall–Kier alpha value is -3.70. The highest BCUT2D eigenvalue weighted by molar-refractivity contribution is 7.90. The summed E-state index contributed by atoms with van der Waals surface area (Å²) in [6.07, 6.45) is 2.60. The van der Waals surface area contributed by atoms with Crippen LogP contribution in [-0.2, 0) is 21.4 Å². The first-order chi connectivity index (χ1) is 19.0. The van der Waals surface area contributed by atoms with Crippen molar-refractivity contribution in [2.45, 2.75) is 39.2 Å². The minimum absolute atomic E-state index is 0.128. The molecule has 0 bridgehead atoms. The molecule has 1 fully saturated rings. The number of rotatable bonds is 8. The van der Waals surface area contributed by atoms with E-state index in [2.05, 4.69) is 5.32 Å². The Balaban J connectivity index is 1.63. The summed E-state index contributed by atoms with van der Waals surface area (Å²) in [5, 5.41) is 3.47. The fraction of sp³-hybridized carbons (Fsp3) is 0.321. The van der Waals surface area contributed by atoms with Gasteiger partial charge in [0.25, 0.3) is 17.4 Å². The van der Waals surface area contributed by atoms with E-state index >= 15 is 0 Å². The summed E-state index contributed by atoms with van der Waals surface area (Å²) in [5.74, 6) is -1.69. The molecule has 40 heavy (non-hydrogen) atoms. The van der Waals surface area contributed by atoms with Crippen molar-refractivity contribution in [3.8, 4) is 0 Å². The van der Waals surface area contributed by atoms with Gasteiger partial charge in [-0.15, -0.1) is 0 Å². The SMILES string of the molecule is CCS(=O)(=O)NC(=O)Cn1cc(C(=O)N2CCC(c3ccc(F)cc3)CC2)c(Nc2cc(C)ccc2Cl)cc1=O. The van der Waals surface area contributed by atoms with Gasteiger partial charge in [-0.25, -0.2) is 12.8 Å². The molecule has 12 heteroatoms. The summed E-state index contributed by atoms with van der Waals surface area (Å²) < 4.78 is 39.9. The number of carbonyl (C=O) groups is 2. The molecule has 1 aromatic heterocycles. The first-order valence-corrected chi connectivity index (χ1v) is 14.8. The van der Waals surface area contributed by atoms with E-state index in [4.69, 9.17) is 11.6 Å². The predicted octanol–water partition coefficient (Wildman–Crippen LogP) is 4.18. The van der Waals surface area contributed by atoms with E-state index in [1.54, 1.807) is 29.2 Å². The number of halogens is 2. The second-order valence-electron chi connectivity index (χ2n) is 9.72. The fourth-order valence-corrected chi connectivity index (χ4v) is 5.32. The zero-order chi connectivity index (χ0) is 29.0. The molecule has 1 saturated heterocycles. The number of aryl methyl sites for hydroxylation is 1. The third kappa shape index (κ3) is 7.08. The fourth-order valence-electron chi connectivity index (χ4n) is 4.60. The average Bonchev–Trinajstić information content (AvgIpc) is 2.92. The molecule has 0 saturated carbocycles. The molecule has 0 aliphatic carbocycles. The van der Waals surface area contributed by atoms with Crippen molar-refractivity contribution in [3.63, 3.8) is 0 Å². The molecule has 2 aromatic carbocycles. The Bertz CT molecular complexity index is 1580. The number of hydrogen-bond donors (Lipinski definition) is 2. The lowest BCUT2D eigenvalue weighted by Gasteiger charge is -2.33. The van der Waals surface area contributed by atoms with Gasteiger partial charge in [0.15, 0.2) is 0 Å². The number of pyridine rings is 1. The van der Waals surface area contributed by atoms with E-state index in [1.165, 1.54) is 31.3 Å². The molecule has 4 rings (SSSR count). The number of sulfonamides is 1. The van der Waals surface area contributed by atoms with Crippen LogP contribution in [0.15, 0.2) is 59.5 Å². The molecular formula is C28H30ClFN4O5S. The normalized spacial score (nSPS) is 14.2. The molecule has 212 valence electrons. The number of nitrogens with one attached hydrogen (secondary N) is 2. The maximum atomic E-state index is 13.8. The number of benzene rings is 2. The Morgan fingerprint density at radius 1 is 1.05 bits per heavy atom.